The van der Waals surface area contributed by atoms with E-state index < -0.39 is 11.7 Å². The first-order chi connectivity index (χ1) is 11.5. The molecule has 2 amide bonds. The van der Waals surface area contributed by atoms with Gasteiger partial charge in [0.2, 0.25) is 5.91 Å². The molecule has 0 unspecified atom stereocenters. The monoisotopic (exact) mass is 331 g/mol. The first kappa shape index (κ1) is 17.4. The van der Waals surface area contributed by atoms with Crippen molar-refractivity contribution in [3.05, 3.63) is 48.0 Å². The summed E-state index contributed by atoms with van der Waals surface area (Å²) in [6.45, 7) is 2.24. The summed E-state index contributed by atoms with van der Waals surface area (Å²) >= 11 is 0. The molecule has 0 saturated heterocycles. The smallest absolute Gasteiger partial charge is 0.274 e. The molecule has 24 heavy (non-hydrogen) atoms. The maximum absolute atomic E-state index is 13.2. The molecule has 126 valence electrons. The lowest BCUT2D eigenvalue weighted by molar-refractivity contribution is -0.120. The van der Waals surface area contributed by atoms with Gasteiger partial charge in [-0.25, -0.2) is 9.37 Å². The van der Waals surface area contributed by atoms with Crippen LogP contribution in [0.1, 0.15) is 23.8 Å². The van der Waals surface area contributed by atoms with E-state index in [9.17, 15) is 19.1 Å². The molecule has 0 radical (unpaired) electrons. The third kappa shape index (κ3) is 4.52. The van der Waals surface area contributed by atoms with Crippen LogP contribution in [-0.4, -0.2) is 35.0 Å². The van der Waals surface area contributed by atoms with E-state index in [1.165, 1.54) is 30.5 Å². The molecule has 1 heterocycles. The summed E-state index contributed by atoms with van der Waals surface area (Å²) in [5.41, 5.74) is 0.811. The number of rotatable bonds is 6. The van der Waals surface area contributed by atoms with Gasteiger partial charge in [0.15, 0.2) is 5.69 Å². The number of pyridine rings is 1. The molecular formula is C17H18FN3O3. The van der Waals surface area contributed by atoms with Crippen LogP contribution in [0, 0.1) is 5.82 Å². The van der Waals surface area contributed by atoms with Crippen LogP contribution in [0.3, 0.4) is 0 Å². The molecule has 7 heteroatoms. The Bertz CT molecular complexity index is 750. The Morgan fingerprint density at radius 3 is 2.67 bits per heavy atom. The standard InChI is InChI=1S/C17H18FN3O3/c1-2-6-19-15(23)10-21-17(24)16-14(22)8-12(9-20-16)11-4-3-5-13(18)7-11/h3-5,7-9,22H,2,6,10H2,1H3,(H,19,23)(H,21,24). The van der Waals surface area contributed by atoms with Crippen LogP contribution in [0.25, 0.3) is 11.1 Å². The van der Waals surface area contributed by atoms with E-state index in [1.807, 2.05) is 6.92 Å². The van der Waals surface area contributed by atoms with E-state index in [0.717, 1.165) is 6.42 Å². The minimum atomic E-state index is -0.662. The van der Waals surface area contributed by atoms with Crippen molar-refractivity contribution in [1.82, 2.24) is 15.6 Å². The Morgan fingerprint density at radius 1 is 1.21 bits per heavy atom. The average Bonchev–Trinajstić information content (AvgIpc) is 2.57. The van der Waals surface area contributed by atoms with Gasteiger partial charge in [0.1, 0.15) is 11.6 Å². The van der Waals surface area contributed by atoms with E-state index in [0.29, 0.717) is 17.7 Å². The largest absolute Gasteiger partial charge is 0.505 e. The fraction of sp³-hybridized carbons (Fsp3) is 0.235. The van der Waals surface area contributed by atoms with Gasteiger partial charge < -0.3 is 15.7 Å². The molecule has 2 rings (SSSR count). The Hall–Kier alpha value is -2.96. The second-order valence-electron chi connectivity index (χ2n) is 5.13. The van der Waals surface area contributed by atoms with Gasteiger partial charge in [-0.15, -0.1) is 0 Å². The van der Waals surface area contributed by atoms with E-state index in [1.54, 1.807) is 6.07 Å². The Morgan fingerprint density at radius 2 is 2.00 bits per heavy atom. The number of halogens is 1. The molecule has 6 nitrogen and oxygen atoms in total. The van der Waals surface area contributed by atoms with E-state index in [-0.39, 0.29) is 23.9 Å². The molecule has 3 N–H and O–H groups in total. The van der Waals surface area contributed by atoms with Crippen molar-refractivity contribution < 1.29 is 19.1 Å². The third-order valence-electron chi connectivity index (χ3n) is 3.22. The molecule has 0 aliphatic rings. The first-order valence-corrected chi connectivity index (χ1v) is 7.51. The summed E-state index contributed by atoms with van der Waals surface area (Å²) in [5.74, 6) is -1.74. The van der Waals surface area contributed by atoms with Crippen LogP contribution in [0.15, 0.2) is 36.5 Å². The number of amides is 2. The highest BCUT2D eigenvalue weighted by Gasteiger charge is 2.15. The normalized spacial score (nSPS) is 10.2. The highest BCUT2D eigenvalue weighted by atomic mass is 19.1. The van der Waals surface area contributed by atoms with E-state index in [4.69, 9.17) is 0 Å². The van der Waals surface area contributed by atoms with Gasteiger partial charge in [0, 0.05) is 18.3 Å². The van der Waals surface area contributed by atoms with Gasteiger partial charge in [-0.05, 0) is 30.2 Å². The maximum atomic E-state index is 13.2. The SMILES string of the molecule is CCCNC(=O)CNC(=O)c1ncc(-c2cccc(F)c2)cc1O. The number of carbonyl (C=O) groups is 2. The molecule has 0 saturated carbocycles. The van der Waals surface area contributed by atoms with Crippen molar-refractivity contribution in [2.75, 3.05) is 13.1 Å². The van der Waals surface area contributed by atoms with Crippen molar-refractivity contribution in [2.24, 2.45) is 0 Å². The van der Waals surface area contributed by atoms with Crippen molar-refractivity contribution in [2.45, 2.75) is 13.3 Å². The molecule has 1 aromatic heterocycles. The van der Waals surface area contributed by atoms with Gasteiger partial charge in [-0.2, -0.15) is 0 Å². The molecule has 0 atom stereocenters. The highest BCUT2D eigenvalue weighted by Crippen LogP contribution is 2.25. The van der Waals surface area contributed by atoms with Crippen molar-refractivity contribution in [3.63, 3.8) is 0 Å². The molecule has 0 fully saturated rings. The average molecular weight is 331 g/mol. The van der Waals surface area contributed by atoms with Gasteiger partial charge in [-0.1, -0.05) is 19.1 Å². The predicted octanol–water partition coefficient (Wildman–Crippen LogP) is 1.85. The van der Waals surface area contributed by atoms with Crippen LogP contribution >= 0.6 is 0 Å². The summed E-state index contributed by atoms with van der Waals surface area (Å²) in [4.78, 5) is 27.3. The molecule has 0 aliphatic heterocycles. The van der Waals surface area contributed by atoms with Crippen molar-refractivity contribution >= 4 is 11.8 Å². The zero-order chi connectivity index (χ0) is 17.5. The number of hydrogen-bond acceptors (Lipinski definition) is 4. The summed E-state index contributed by atoms with van der Waals surface area (Å²) < 4.78 is 13.2. The first-order valence-electron chi connectivity index (χ1n) is 7.51. The number of carbonyl (C=O) groups excluding carboxylic acids is 2. The number of aromatic hydroxyl groups is 1. The van der Waals surface area contributed by atoms with Gasteiger partial charge in [-0.3, -0.25) is 9.59 Å². The lowest BCUT2D eigenvalue weighted by Crippen LogP contribution is -2.37. The number of aromatic nitrogens is 1. The lowest BCUT2D eigenvalue weighted by Gasteiger charge is -2.08. The summed E-state index contributed by atoms with van der Waals surface area (Å²) in [6, 6.07) is 7.14. The molecule has 0 aliphatic carbocycles. The second-order valence-corrected chi connectivity index (χ2v) is 5.13. The topological polar surface area (TPSA) is 91.3 Å². The van der Waals surface area contributed by atoms with Crippen LogP contribution in [0.5, 0.6) is 5.75 Å². The predicted molar refractivity (Wildman–Crippen MR) is 86.9 cm³/mol. The van der Waals surface area contributed by atoms with Crippen LogP contribution < -0.4 is 10.6 Å². The lowest BCUT2D eigenvalue weighted by atomic mass is 10.1. The van der Waals surface area contributed by atoms with Crippen LogP contribution in [-0.2, 0) is 4.79 Å². The summed E-state index contributed by atoms with van der Waals surface area (Å²) in [6.07, 6.45) is 2.16. The fourth-order valence-electron chi connectivity index (χ4n) is 2.03. The number of hydrogen-bond donors (Lipinski definition) is 3. The number of nitrogens with one attached hydrogen (secondary N) is 2. The zero-order valence-electron chi connectivity index (χ0n) is 13.2. The molecule has 0 spiro atoms. The van der Waals surface area contributed by atoms with Gasteiger partial charge >= 0.3 is 0 Å². The zero-order valence-corrected chi connectivity index (χ0v) is 13.2. The molecule has 0 bridgehead atoms. The minimum Gasteiger partial charge on any atom is -0.505 e. The summed E-state index contributed by atoms with van der Waals surface area (Å²) in [7, 11) is 0. The van der Waals surface area contributed by atoms with Crippen LogP contribution in [0.4, 0.5) is 4.39 Å². The highest BCUT2D eigenvalue weighted by molar-refractivity contribution is 5.97. The Kier molecular flexibility index (Phi) is 5.83. The van der Waals surface area contributed by atoms with E-state index >= 15 is 0 Å². The Labute approximate surface area is 138 Å². The second kappa shape index (κ2) is 8.05. The van der Waals surface area contributed by atoms with Gasteiger partial charge in [0.25, 0.3) is 5.91 Å². The molecule has 2 aromatic rings. The van der Waals surface area contributed by atoms with Crippen molar-refractivity contribution in [3.8, 4) is 16.9 Å². The van der Waals surface area contributed by atoms with Crippen molar-refractivity contribution in [1.29, 1.82) is 0 Å². The molecule has 1 aromatic carbocycles. The van der Waals surface area contributed by atoms with Crippen LogP contribution in [0.2, 0.25) is 0 Å². The fourth-order valence-corrected chi connectivity index (χ4v) is 2.03. The minimum absolute atomic E-state index is 0.196. The third-order valence-corrected chi connectivity index (χ3v) is 3.22. The summed E-state index contributed by atoms with van der Waals surface area (Å²) in [5, 5.41) is 15.0. The molecular weight excluding hydrogens is 313 g/mol. The number of nitrogens with zero attached hydrogens (tertiary/aromatic N) is 1. The quantitative estimate of drug-likeness (QED) is 0.753. The van der Waals surface area contributed by atoms with Gasteiger partial charge in [0.05, 0.1) is 6.54 Å². The number of benzene rings is 1. The van der Waals surface area contributed by atoms with E-state index in [2.05, 4.69) is 15.6 Å². The Balaban J connectivity index is 2.06. The maximum Gasteiger partial charge on any atom is 0.274 e.